The molecule has 1 fully saturated rings. The molecule has 1 aliphatic rings. The van der Waals surface area contributed by atoms with Crippen LogP contribution in [0.5, 0.6) is 0 Å². The van der Waals surface area contributed by atoms with Gasteiger partial charge in [0.25, 0.3) is 0 Å². The summed E-state index contributed by atoms with van der Waals surface area (Å²) in [5.74, 6) is 0.613. The number of nitrogens with one attached hydrogen (secondary N) is 1. The number of methoxy groups -OCH3 is 2. The van der Waals surface area contributed by atoms with Crippen molar-refractivity contribution in [2.45, 2.75) is 38.2 Å². The van der Waals surface area contributed by atoms with Gasteiger partial charge in [0.15, 0.2) is 6.29 Å². The molecule has 1 saturated carbocycles. The van der Waals surface area contributed by atoms with E-state index in [0.29, 0.717) is 5.92 Å². The monoisotopic (exact) mass is 203 g/mol. The number of aliphatic hydroxyl groups excluding tert-OH is 1. The van der Waals surface area contributed by atoms with Gasteiger partial charge in [0.05, 0.1) is 12.1 Å². The van der Waals surface area contributed by atoms with Crippen molar-refractivity contribution in [2.24, 2.45) is 5.92 Å². The summed E-state index contributed by atoms with van der Waals surface area (Å²) in [5, 5.41) is 12.5. The summed E-state index contributed by atoms with van der Waals surface area (Å²) in [5.41, 5.74) is 0. The fourth-order valence-electron chi connectivity index (χ4n) is 1.82. The molecule has 14 heavy (non-hydrogen) atoms. The van der Waals surface area contributed by atoms with E-state index in [1.807, 2.05) is 6.92 Å². The summed E-state index contributed by atoms with van der Waals surface area (Å²) < 4.78 is 10.3. The highest BCUT2D eigenvalue weighted by atomic mass is 16.7. The topological polar surface area (TPSA) is 50.7 Å². The van der Waals surface area contributed by atoms with E-state index in [4.69, 9.17) is 14.6 Å². The second kappa shape index (κ2) is 5.66. The largest absolute Gasteiger partial charge is 0.393 e. The first-order valence-corrected chi connectivity index (χ1v) is 5.14. The standard InChI is InChI=1S/C10H21NO3/c1-7(10(13-2)14-3)11-6-8-4-9(12)5-8/h7-12H,4-6H2,1-3H3. The molecule has 1 unspecified atom stereocenters. The molecule has 0 heterocycles. The van der Waals surface area contributed by atoms with Gasteiger partial charge < -0.3 is 19.9 Å². The second-order valence-corrected chi connectivity index (χ2v) is 4.03. The van der Waals surface area contributed by atoms with Crippen molar-refractivity contribution in [1.82, 2.24) is 5.32 Å². The Labute approximate surface area is 85.6 Å². The van der Waals surface area contributed by atoms with Crippen LogP contribution in [0.25, 0.3) is 0 Å². The van der Waals surface area contributed by atoms with Crippen LogP contribution in [0.4, 0.5) is 0 Å². The third kappa shape index (κ3) is 3.20. The SMILES string of the molecule is COC(OC)C(C)NCC1CC(O)C1. The molecule has 0 saturated heterocycles. The first kappa shape index (κ1) is 11.9. The van der Waals surface area contributed by atoms with Gasteiger partial charge in [0.1, 0.15) is 0 Å². The van der Waals surface area contributed by atoms with Crippen LogP contribution in [0.1, 0.15) is 19.8 Å². The molecule has 0 amide bonds. The van der Waals surface area contributed by atoms with E-state index in [9.17, 15) is 0 Å². The molecular formula is C10H21NO3. The molecule has 0 aromatic rings. The van der Waals surface area contributed by atoms with Gasteiger partial charge in [-0.25, -0.2) is 0 Å². The smallest absolute Gasteiger partial charge is 0.171 e. The Hall–Kier alpha value is -0.160. The minimum Gasteiger partial charge on any atom is -0.393 e. The highest BCUT2D eigenvalue weighted by molar-refractivity contribution is 4.81. The molecule has 0 bridgehead atoms. The highest BCUT2D eigenvalue weighted by Crippen LogP contribution is 2.26. The number of ether oxygens (including phenoxy) is 2. The van der Waals surface area contributed by atoms with Gasteiger partial charge in [-0.05, 0) is 32.2 Å². The van der Waals surface area contributed by atoms with Crippen LogP contribution in [0, 0.1) is 5.92 Å². The summed E-state index contributed by atoms with van der Waals surface area (Å²) in [7, 11) is 3.28. The van der Waals surface area contributed by atoms with Crippen LogP contribution in [0.2, 0.25) is 0 Å². The molecule has 1 rings (SSSR count). The summed E-state index contributed by atoms with van der Waals surface area (Å²) >= 11 is 0. The minimum atomic E-state index is -0.194. The lowest BCUT2D eigenvalue weighted by atomic mass is 9.82. The predicted octanol–water partition coefficient (Wildman–Crippen LogP) is 0.354. The Morgan fingerprint density at radius 2 is 1.93 bits per heavy atom. The molecule has 0 spiro atoms. The second-order valence-electron chi connectivity index (χ2n) is 4.03. The number of hydrogen-bond donors (Lipinski definition) is 2. The van der Waals surface area contributed by atoms with Gasteiger partial charge in [0, 0.05) is 14.2 Å². The lowest BCUT2D eigenvalue weighted by Crippen LogP contribution is -2.44. The highest BCUT2D eigenvalue weighted by Gasteiger charge is 2.27. The zero-order valence-electron chi connectivity index (χ0n) is 9.19. The third-order valence-electron chi connectivity index (χ3n) is 2.81. The van der Waals surface area contributed by atoms with Crippen molar-refractivity contribution < 1.29 is 14.6 Å². The lowest BCUT2D eigenvalue weighted by Gasteiger charge is -2.33. The Morgan fingerprint density at radius 3 is 2.36 bits per heavy atom. The van der Waals surface area contributed by atoms with Crippen molar-refractivity contribution in [3.05, 3.63) is 0 Å². The van der Waals surface area contributed by atoms with Gasteiger partial charge in [-0.2, -0.15) is 0 Å². The first-order chi connectivity index (χ1) is 6.67. The van der Waals surface area contributed by atoms with Crippen molar-refractivity contribution in [1.29, 1.82) is 0 Å². The van der Waals surface area contributed by atoms with Crippen LogP contribution in [0.15, 0.2) is 0 Å². The minimum absolute atomic E-state index is 0.0715. The fraction of sp³-hybridized carbons (Fsp3) is 1.00. The predicted molar refractivity (Wildman–Crippen MR) is 54.0 cm³/mol. The zero-order chi connectivity index (χ0) is 10.6. The van der Waals surface area contributed by atoms with E-state index in [1.54, 1.807) is 14.2 Å². The quantitative estimate of drug-likeness (QED) is 0.612. The van der Waals surface area contributed by atoms with Crippen molar-refractivity contribution >= 4 is 0 Å². The molecule has 1 aliphatic carbocycles. The van der Waals surface area contributed by atoms with Crippen molar-refractivity contribution in [3.8, 4) is 0 Å². The Bertz CT molecular complexity index is 155. The van der Waals surface area contributed by atoms with E-state index in [1.165, 1.54) is 0 Å². The van der Waals surface area contributed by atoms with E-state index in [-0.39, 0.29) is 18.4 Å². The number of rotatable bonds is 6. The van der Waals surface area contributed by atoms with Crippen LogP contribution in [-0.2, 0) is 9.47 Å². The molecule has 0 radical (unpaired) electrons. The van der Waals surface area contributed by atoms with Crippen LogP contribution in [-0.4, -0.2) is 44.3 Å². The van der Waals surface area contributed by atoms with E-state index in [2.05, 4.69) is 5.32 Å². The molecule has 1 atom stereocenters. The molecule has 4 nitrogen and oxygen atoms in total. The van der Waals surface area contributed by atoms with Gasteiger partial charge in [-0.1, -0.05) is 0 Å². The normalized spacial score (nSPS) is 28.9. The van der Waals surface area contributed by atoms with E-state index < -0.39 is 0 Å². The van der Waals surface area contributed by atoms with Crippen molar-refractivity contribution in [3.63, 3.8) is 0 Å². The molecule has 0 aliphatic heterocycles. The van der Waals surface area contributed by atoms with E-state index >= 15 is 0 Å². The number of aliphatic hydroxyl groups is 1. The Kier molecular flexibility index (Phi) is 4.81. The average molecular weight is 203 g/mol. The van der Waals surface area contributed by atoms with Crippen LogP contribution < -0.4 is 5.32 Å². The van der Waals surface area contributed by atoms with Gasteiger partial charge in [0.2, 0.25) is 0 Å². The summed E-state index contributed by atoms with van der Waals surface area (Å²) in [4.78, 5) is 0. The fourth-order valence-corrected chi connectivity index (χ4v) is 1.82. The molecule has 2 N–H and O–H groups in total. The van der Waals surface area contributed by atoms with Gasteiger partial charge in [-0.3, -0.25) is 0 Å². The van der Waals surface area contributed by atoms with Crippen LogP contribution in [0.3, 0.4) is 0 Å². The Morgan fingerprint density at radius 1 is 1.36 bits per heavy atom. The maximum Gasteiger partial charge on any atom is 0.171 e. The zero-order valence-corrected chi connectivity index (χ0v) is 9.19. The van der Waals surface area contributed by atoms with Gasteiger partial charge >= 0.3 is 0 Å². The summed E-state index contributed by atoms with van der Waals surface area (Å²) in [6.45, 7) is 2.97. The molecular weight excluding hydrogens is 182 g/mol. The van der Waals surface area contributed by atoms with Gasteiger partial charge in [-0.15, -0.1) is 0 Å². The molecule has 0 aromatic heterocycles. The number of hydrogen-bond acceptors (Lipinski definition) is 4. The first-order valence-electron chi connectivity index (χ1n) is 5.14. The maximum absolute atomic E-state index is 9.11. The van der Waals surface area contributed by atoms with Crippen LogP contribution >= 0.6 is 0 Å². The van der Waals surface area contributed by atoms with E-state index in [0.717, 1.165) is 19.4 Å². The Balaban J connectivity index is 2.10. The third-order valence-corrected chi connectivity index (χ3v) is 2.81. The molecule has 84 valence electrons. The lowest BCUT2D eigenvalue weighted by molar-refractivity contribution is -0.120. The summed E-state index contributed by atoms with van der Waals surface area (Å²) in [6.07, 6.45) is 1.58. The average Bonchev–Trinajstić information content (AvgIpc) is 2.12. The van der Waals surface area contributed by atoms with Crippen molar-refractivity contribution in [2.75, 3.05) is 20.8 Å². The maximum atomic E-state index is 9.11. The molecule has 0 aromatic carbocycles. The summed E-state index contributed by atoms with van der Waals surface area (Å²) in [6, 6.07) is 0.183. The molecule has 4 heteroatoms.